The minimum atomic E-state index is -0.300. The number of benzene rings is 2. The van der Waals surface area contributed by atoms with Gasteiger partial charge in [0.15, 0.2) is 0 Å². The zero-order valence-electron chi connectivity index (χ0n) is 16.8. The lowest BCUT2D eigenvalue weighted by Crippen LogP contribution is -2.39. The molecule has 2 saturated heterocycles. The zero-order chi connectivity index (χ0) is 21.1. The molecule has 7 heteroatoms. The largest absolute Gasteiger partial charge is 0.368 e. The van der Waals surface area contributed by atoms with Crippen molar-refractivity contribution in [2.45, 2.75) is 38.3 Å². The number of anilines is 2. The van der Waals surface area contributed by atoms with Gasteiger partial charge in [-0.05, 0) is 61.7 Å². The van der Waals surface area contributed by atoms with Crippen molar-refractivity contribution in [2.24, 2.45) is 5.73 Å². The summed E-state index contributed by atoms with van der Waals surface area (Å²) in [6, 6.07) is 14.4. The van der Waals surface area contributed by atoms with E-state index in [4.69, 9.17) is 5.73 Å². The number of primary amides is 1. The summed E-state index contributed by atoms with van der Waals surface area (Å²) in [6.07, 6.45) is 3.15. The molecule has 3 N–H and O–H groups in total. The molecule has 0 aliphatic carbocycles. The quantitative estimate of drug-likeness (QED) is 0.771. The predicted molar refractivity (Wildman–Crippen MR) is 115 cm³/mol. The summed E-state index contributed by atoms with van der Waals surface area (Å²) in [5.74, 6) is -0.391. The first-order valence-corrected chi connectivity index (χ1v) is 10.4. The van der Waals surface area contributed by atoms with Crippen molar-refractivity contribution >= 4 is 29.1 Å². The van der Waals surface area contributed by atoms with E-state index in [1.807, 2.05) is 36.4 Å². The highest BCUT2D eigenvalue weighted by Gasteiger charge is 2.29. The van der Waals surface area contributed by atoms with Crippen molar-refractivity contribution in [2.75, 3.05) is 23.3 Å². The van der Waals surface area contributed by atoms with Gasteiger partial charge in [0.05, 0.1) is 6.04 Å². The third kappa shape index (κ3) is 4.21. The van der Waals surface area contributed by atoms with Crippen molar-refractivity contribution in [3.8, 4) is 0 Å². The van der Waals surface area contributed by atoms with Gasteiger partial charge >= 0.3 is 0 Å². The van der Waals surface area contributed by atoms with Crippen LogP contribution < -0.4 is 16.0 Å². The Labute approximate surface area is 175 Å². The van der Waals surface area contributed by atoms with E-state index in [9.17, 15) is 14.4 Å². The number of carbonyl (C=O) groups excluding carboxylic acids is 3. The summed E-state index contributed by atoms with van der Waals surface area (Å²) < 4.78 is 0. The third-order valence-electron chi connectivity index (χ3n) is 5.85. The fourth-order valence-corrected chi connectivity index (χ4v) is 4.24. The van der Waals surface area contributed by atoms with Crippen molar-refractivity contribution in [3.05, 3.63) is 59.7 Å². The van der Waals surface area contributed by atoms with Gasteiger partial charge in [0.25, 0.3) is 5.91 Å². The van der Waals surface area contributed by atoms with Crippen LogP contribution >= 0.6 is 0 Å². The molecule has 0 spiro atoms. The Morgan fingerprint density at radius 1 is 1.03 bits per heavy atom. The zero-order valence-corrected chi connectivity index (χ0v) is 16.8. The molecular weight excluding hydrogens is 380 g/mol. The van der Waals surface area contributed by atoms with E-state index < -0.39 is 0 Å². The summed E-state index contributed by atoms with van der Waals surface area (Å²) in [5.41, 5.74) is 8.53. The Morgan fingerprint density at radius 2 is 1.80 bits per heavy atom. The van der Waals surface area contributed by atoms with Crippen LogP contribution in [0.15, 0.2) is 48.5 Å². The first-order chi connectivity index (χ1) is 14.5. The molecular formula is C23H26N4O3. The second-order valence-corrected chi connectivity index (χ2v) is 7.84. The average molecular weight is 406 g/mol. The number of carbonyl (C=O) groups is 3. The molecule has 2 aromatic carbocycles. The number of likely N-dealkylation sites (tertiary alicyclic amines) is 1. The van der Waals surface area contributed by atoms with E-state index in [1.165, 1.54) is 0 Å². The molecule has 2 fully saturated rings. The lowest BCUT2D eigenvalue weighted by atomic mass is 10.1. The molecule has 3 amide bonds. The molecule has 2 aliphatic rings. The van der Waals surface area contributed by atoms with E-state index in [2.05, 4.69) is 10.2 Å². The van der Waals surface area contributed by atoms with E-state index in [0.717, 1.165) is 49.3 Å². The predicted octanol–water partition coefficient (Wildman–Crippen LogP) is 2.52. The molecule has 30 heavy (non-hydrogen) atoms. The molecule has 1 atom stereocenters. The van der Waals surface area contributed by atoms with Crippen LogP contribution in [0, 0.1) is 0 Å². The number of amides is 3. The van der Waals surface area contributed by atoms with Crippen molar-refractivity contribution < 1.29 is 14.4 Å². The van der Waals surface area contributed by atoms with Crippen LogP contribution in [0.4, 0.5) is 11.4 Å². The van der Waals surface area contributed by atoms with Gasteiger partial charge in [-0.25, -0.2) is 0 Å². The molecule has 0 aromatic heterocycles. The molecule has 1 unspecified atom stereocenters. The first-order valence-electron chi connectivity index (χ1n) is 10.4. The van der Waals surface area contributed by atoms with E-state index in [1.54, 1.807) is 17.0 Å². The van der Waals surface area contributed by atoms with Crippen LogP contribution in [0.25, 0.3) is 0 Å². The van der Waals surface area contributed by atoms with Gasteiger partial charge in [-0.3, -0.25) is 19.3 Å². The van der Waals surface area contributed by atoms with E-state index in [-0.39, 0.29) is 23.8 Å². The maximum Gasteiger partial charge on any atom is 0.255 e. The Balaban J connectivity index is 1.46. The normalized spacial score (nSPS) is 19.3. The van der Waals surface area contributed by atoms with Gasteiger partial charge in [-0.15, -0.1) is 0 Å². The molecule has 0 radical (unpaired) electrons. The summed E-state index contributed by atoms with van der Waals surface area (Å²) in [5, 5.41) is 2.98. The van der Waals surface area contributed by atoms with Crippen LogP contribution in [0.1, 0.15) is 41.6 Å². The second kappa shape index (κ2) is 8.67. The van der Waals surface area contributed by atoms with Gasteiger partial charge in [0.2, 0.25) is 11.8 Å². The van der Waals surface area contributed by atoms with E-state index in [0.29, 0.717) is 18.5 Å². The minimum absolute atomic E-state index is 0.123. The number of nitrogens with one attached hydrogen (secondary N) is 1. The smallest absolute Gasteiger partial charge is 0.255 e. The van der Waals surface area contributed by atoms with Crippen LogP contribution in [0.2, 0.25) is 0 Å². The topological polar surface area (TPSA) is 95.7 Å². The molecule has 7 nitrogen and oxygen atoms in total. The maximum absolute atomic E-state index is 12.8. The van der Waals surface area contributed by atoms with Gasteiger partial charge in [-0.2, -0.15) is 0 Å². The number of rotatable bonds is 6. The monoisotopic (exact) mass is 406 g/mol. The Bertz CT molecular complexity index is 957. The second-order valence-electron chi connectivity index (χ2n) is 7.84. The SMILES string of the molecule is NC(=O)C1CCCN1Cc1ccccc1NC(=O)c1ccc(N2CCCC2=O)cc1. The van der Waals surface area contributed by atoms with Gasteiger partial charge in [0, 0.05) is 36.4 Å². The van der Waals surface area contributed by atoms with Gasteiger partial charge in [0.1, 0.15) is 0 Å². The number of hydrogen-bond acceptors (Lipinski definition) is 4. The lowest BCUT2D eigenvalue weighted by Gasteiger charge is -2.23. The summed E-state index contributed by atoms with van der Waals surface area (Å²) >= 11 is 0. The average Bonchev–Trinajstić information content (AvgIpc) is 3.38. The molecule has 2 aliphatic heterocycles. The molecule has 0 bridgehead atoms. The minimum Gasteiger partial charge on any atom is -0.368 e. The number of nitrogens with zero attached hydrogens (tertiary/aromatic N) is 2. The molecule has 0 saturated carbocycles. The van der Waals surface area contributed by atoms with Crippen LogP contribution in [0.3, 0.4) is 0 Å². The Kier molecular flexibility index (Phi) is 5.81. The third-order valence-corrected chi connectivity index (χ3v) is 5.85. The highest BCUT2D eigenvalue weighted by atomic mass is 16.2. The van der Waals surface area contributed by atoms with Crippen molar-refractivity contribution in [3.63, 3.8) is 0 Å². The number of hydrogen-bond donors (Lipinski definition) is 2. The fourth-order valence-electron chi connectivity index (χ4n) is 4.24. The molecule has 4 rings (SSSR count). The number of nitrogens with two attached hydrogens (primary N) is 1. The Morgan fingerprint density at radius 3 is 2.50 bits per heavy atom. The van der Waals surface area contributed by atoms with Crippen LogP contribution in [0.5, 0.6) is 0 Å². The molecule has 2 aromatic rings. The van der Waals surface area contributed by atoms with E-state index >= 15 is 0 Å². The van der Waals surface area contributed by atoms with Gasteiger partial charge in [-0.1, -0.05) is 18.2 Å². The van der Waals surface area contributed by atoms with Crippen LogP contribution in [-0.4, -0.2) is 41.8 Å². The lowest BCUT2D eigenvalue weighted by molar-refractivity contribution is -0.122. The van der Waals surface area contributed by atoms with Crippen molar-refractivity contribution in [1.82, 2.24) is 4.90 Å². The summed E-state index contributed by atoms with van der Waals surface area (Å²) in [6.45, 7) is 2.09. The highest BCUT2D eigenvalue weighted by molar-refractivity contribution is 6.05. The van der Waals surface area contributed by atoms with Crippen molar-refractivity contribution in [1.29, 1.82) is 0 Å². The Hall–Kier alpha value is -3.19. The summed E-state index contributed by atoms with van der Waals surface area (Å²) in [4.78, 5) is 40.2. The number of para-hydroxylation sites is 1. The highest BCUT2D eigenvalue weighted by Crippen LogP contribution is 2.25. The fraction of sp³-hybridized carbons (Fsp3) is 0.348. The maximum atomic E-state index is 12.8. The first kappa shape index (κ1) is 20.1. The standard InChI is InChI=1S/C23H26N4O3/c24-22(29)20-7-3-13-26(20)15-17-5-1-2-6-19(17)25-23(30)16-9-11-18(12-10-16)27-14-4-8-21(27)28/h1-2,5-6,9-12,20H,3-4,7-8,13-15H2,(H2,24,29)(H,25,30). The van der Waals surface area contributed by atoms with Crippen LogP contribution in [-0.2, 0) is 16.1 Å². The molecule has 2 heterocycles. The van der Waals surface area contributed by atoms with Gasteiger partial charge < -0.3 is 16.0 Å². The molecule has 156 valence electrons. The summed E-state index contributed by atoms with van der Waals surface area (Å²) in [7, 11) is 0.